The number of benzene rings is 8. The Morgan fingerprint density at radius 2 is 0.917 bits per heavy atom. The van der Waals surface area contributed by atoms with Crippen molar-refractivity contribution in [2.75, 3.05) is 0 Å². The number of fused-ring (bicyclic) bond motifs is 6. The molecule has 3 heteroatoms. The summed E-state index contributed by atoms with van der Waals surface area (Å²) in [5, 5.41) is 10.8. The summed E-state index contributed by atoms with van der Waals surface area (Å²) in [6, 6.07) is 62.6. The van der Waals surface area contributed by atoms with Crippen molar-refractivity contribution >= 4 is 66.3 Å². The minimum absolute atomic E-state index is 0.818. The quantitative estimate of drug-likeness (QED) is 0.140. The van der Waals surface area contributed by atoms with Gasteiger partial charge in [-0.1, -0.05) is 170 Å². The Morgan fingerprint density at radius 1 is 0.375 bits per heavy atom. The molecule has 0 aliphatic rings. The van der Waals surface area contributed by atoms with Crippen LogP contribution in [0.2, 0.25) is 0 Å². The second-order valence-corrected chi connectivity index (χ2v) is 15.1. The molecule has 0 fully saturated rings. The van der Waals surface area contributed by atoms with Crippen LogP contribution in [-0.2, 0) is 4.57 Å². The van der Waals surface area contributed by atoms with Crippen LogP contribution in [0.5, 0.6) is 0 Å². The second kappa shape index (κ2) is 11.5. The Hall–Kier alpha value is -5.82. The fourth-order valence-electron chi connectivity index (χ4n) is 7.10. The lowest BCUT2D eigenvalue weighted by atomic mass is 9.93. The van der Waals surface area contributed by atoms with Crippen LogP contribution >= 0.6 is 7.14 Å². The van der Waals surface area contributed by atoms with Crippen LogP contribution in [-0.4, -0.2) is 4.98 Å². The fourth-order valence-corrected chi connectivity index (χ4v) is 9.75. The zero-order valence-corrected chi connectivity index (χ0v) is 27.0. The highest BCUT2D eigenvalue weighted by atomic mass is 31.2. The van der Waals surface area contributed by atoms with Gasteiger partial charge in [0, 0.05) is 37.6 Å². The number of aromatic nitrogens is 1. The highest BCUT2D eigenvalue weighted by molar-refractivity contribution is 7.85. The minimum atomic E-state index is -3.05. The Bertz CT molecular complexity index is 2640. The molecule has 0 saturated heterocycles. The van der Waals surface area contributed by atoms with Crippen molar-refractivity contribution in [3.05, 3.63) is 182 Å². The van der Waals surface area contributed by atoms with E-state index >= 15 is 0 Å². The Labute approximate surface area is 279 Å². The Morgan fingerprint density at radius 3 is 1.65 bits per heavy atom. The number of rotatable bonds is 5. The number of nitrogens with zero attached hydrogens (tertiary/aromatic N) is 1. The maximum atomic E-state index is 14.9. The number of hydrogen-bond donors (Lipinski definition) is 0. The summed E-state index contributed by atoms with van der Waals surface area (Å²) in [7, 11) is -3.05. The lowest BCUT2D eigenvalue weighted by Crippen LogP contribution is -2.24. The zero-order valence-electron chi connectivity index (χ0n) is 26.1. The third-order valence-electron chi connectivity index (χ3n) is 9.51. The Balaban J connectivity index is 1.22. The molecule has 0 saturated carbocycles. The number of hydrogen-bond acceptors (Lipinski definition) is 2. The molecule has 0 N–H and O–H groups in total. The molecule has 0 amide bonds. The van der Waals surface area contributed by atoms with Crippen molar-refractivity contribution in [1.29, 1.82) is 0 Å². The molecule has 226 valence electrons. The second-order valence-electron chi connectivity index (χ2n) is 12.3. The van der Waals surface area contributed by atoms with Gasteiger partial charge in [-0.3, -0.25) is 0 Å². The normalized spacial score (nSPS) is 11.8. The summed E-state index contributed by atoms with van der Waals surface area (Å²) in [6.07, 6.45) is 0. The van der Waals surface area contributed by atoms with Crippen molar-refractivity contribution in [2.45, 2.75) is 0 Å². The van der Waals surface area contributed by atoms with Crippen LogP contribution in [0.1, 0.15) is 0 Å². The molecule has 0 unspecified atom stereocenters. The van der Waals surface area contributed by atoms with Crippen LogP contribution in [0.4, 0.5) is 0 Å². The Kier molecular flexibility index (Phi) is 6.78. The highest BCUT2D eigenvalue weighted by Crippen LogP contribution is 2.43. The summed E-state index contributed by atoms with van der Waals surface area (Å²) in [5.74, 6) is 0. The van der Waals surface area contributed by atoms with Crippen molar-refractivity contribution in [2.24, 2.45) is 0 Å². The van der Waals surface area contributed by atoms with Gasteiger partial charge in [-0.25, -0.2) is 4.98 Å². The molecule has 1 aromatic heterocycles. The summed E-state index contributed by atoms with van der Waals surface area (Å²) >= 11 is 0. The smallest absolute Gasteiger partial charge is 0.171 e. The van der Waals surface area contributed by atoms with Gasteiger partial charge >= 0.3 is 0 Å². The van der Waals surface area contributed by atoms with Crippen molar-refractivity contribution in [3.8, 4) is 22.4 Å². The largest absolute Gasteiger partial charge is 0.309 e. The van der Waals surface area contributed by atoms with Crippen LogP contribution in [0.25, 0.3) is 65.6 Å². The van der Waals surface area contributed by atoms with Gasteiger partial charge in [0.15, 0.2) is 7.14 Å². The van der Waals surface area contributed by atoms with E-state index in [0.717, 1.165) is 54.6 Å². The standard InChI is InChI=1S/C45H30NOP/c47-48(37-14-3-1-4-15-37,38-16-5-2-6-17-38)39-25-21-32(22-26-39)35-24-27-41-43(30-35)46-45(36-20-19-31-11-7-8-13-34(31)29-36)42-28-23-33-12-9-10-18-40(33)44(41)42/h1-30H. The highest BCUT2D eigenvalue weighted by Gasteiger charge is 2.29. The molecule has 0 aliphatic heterocycles. The van der Waals surface area contributed by atoms with Gasteiger partial charge in [0.25, 0.3) is 0 Å². The number of pyridine rings is 1. The topological polar surface area (TPSA) is 30.0 Å². The van der Waals surface area contributed by atoms with E-state index in [-0.39, 0.29) is 0 Å². The van der Waals surface area contributed by atoms with Gasteiger partial charge in [0.05, 0.1) is 11.2 Å². The summed E-state index contributed by atoms with van der Waals surface area (Å²) in [5.41, 5.74) is 5.15. The molecule has 0 bridgehead atoms. The van der Waals surface area contributed by atoms with Crippen LogP contribution in [0, 0.1) is 0 Å². The zero-order chi connectivity index (χ0) is 32.1. The van der Waals surface area contributed by atoms with E-state index in [1.165, 1.54) is 26.9 Å². The van der Waals surface area contributed by atoms with Crippen molar-refractivity contribution in [1.82, 2.24) is 4.98 Å². The lowest BCUT2D eigenvalue weighted by molar-refractivity contribution is 0.592. The third kappa shape index (κ3) is 4.65. The molecule has 9 rings (SSSR count). The van der Waals surface area contributed by atoms with Gasteiger partial charge in [0.1, 0.15) is 0 Å². The van der Waals surface area contributed by atoms with E-state index in [1.54, 1.807) is 0 Å². The summed E-state index contributed by atoms with van der Waals surface area (Å²) in [6.45, 7) is 0. The van der Waals surface area contributed by atoms with Crippen molar-refractivity contribution in [3.63, 3.8) is 0 Å². The molecular formula is C45H30NOP. The predicted molar refractivity (Wildman–Crippen MR) is 205 cm³/mol. The van der Waals surface area contributed by atoms with Gasteiger partial charge in [-0.15, -0.1) is 0 Å². The molecule has 1 heterocycles. The van der Waals surface area contributed by atoms with E-state index in [0.29, 0.717) is 0 Å². The molecular weight excluding hydrogens is 601 g/mol. The predicted octanol–water partition coefficient (Wildman–Crippen LogP) is 10.7. The first kappa shape index (κ1) is 28.4. The molecule has 9 aromatic rings. The molecule has 2 nitrogen and oxygen atoms in total. The SMILES string of the molecule is O=P(c1ccccc1)(c1ccccc1)c1ccc(-c2ccc3c(c2)nc(-c2ccc4ccccc4c2)c2ccc4ccccc4c23)cc1. The first-order valence-corrected chi connectivity index (χ1v) is 17.9. The van der Waals surface area contributed by atoms with E-state index < -0.39 is 7.14 Å². The molecule has 8 aromatic carbocycles. The van der Waals surface area contributed by atoms with Crippen LogP contribution in [0.15, 0.2) is 182 Å². The summed E-state index contributed by atoms with van der Waals surface area (Å²) < 4.78 is 14.9. The fraction of sp³-hybridized carbons (Fsp3) is 0. The van der Waals surface area contributed by atoms with Gasteiger partial charge in [-0.2, -0.15) is 0 Å². The maximum Gasteiger partial charge on any atom is 0.171 e. The molecule has 0 spiro atoms. The molecule has 0 radical (unpaired) electrons. The van der Waals surface area contributed by atoms with Gasteiger partial charge < -0.3 is 4.57 Å². The summed E-state index contributed by atoms with van der Waals surface area (Å²) in [4.78, 5) is 5.37. The lowest BCUT2D eigenvalue weighted by Gasteiger charge is -2.20. The molecule has 0 atom stereocenters. The van der Waals surface area contributed by atoms with Crippen molar-refractivity contribution < 1.29 is 4.57 Å². The van der Waals surface area contributed by atoms with Gasteiger partial charge in [0.2, 0.25) is 0 Å². The van der Waals surface area contributed by atoms with Gasteiger partial charge in [-0.05, 0) is 44.8 Å². The van der Waals surface area contributed by atoms with Crippen LogP contribution < -0.4 is 15.9 Å². The maximum absolute atomic E-state index is 14.9. The molecule has 0 aliphatic carbocycles. The van der Waals surface area contributed by atoms with E-state index in [2.05, 4.69) is 109 Å². The first-order valence-electron chi connectivity index (χ1n) is 16.2. The minimum Gasteiger partial charge on any atom is -0.309 e. The first-order chi connectivity index (χ1) is 23.7. The van der Waals surface area contributed by atoms with Crippen LogP contribution in [0.3, 0.4) is 0 Å². The van der Waals surface area contributed by atoms with E-state index in [1.807, 2.05) is 72.8 Å². The molecule has 48 heavy (non-hydrogen) atoms. The average Bonchev–Trinajstić information content (AvgIpc) is 3.17. The average molecular weight is 632 g/mol. The third-order valence-corrected chi connectivity index (χ3v) is 12.6. The van der Waals surface area contributed by atoms with E-state index in [4.69, 9.17) is 4.98 Å². The van der Waals surface area contributed by atoms with E-state index in [9.17, 15) is 4.57 Å². The monoisotopic (exact) mass is 631 g/mol.